The predicted octanol–water partition coefficient (Wildman–Crippen LogP) is 0.448. The summed E-state index contributed by atoms with van der Waals surface area (Å²) in [4.78, 5) is 23.9. The third kappa shape index (κ3) is 7.37. The van der Waals surface area contributed by atoms with E-state index in [1.807, 2.05) is 0 Å². The normalized spacial score (nSPS) is 14.0. The Morgan fingerprint density at radius 3 is 1.24 bits per heavy atom. The van der Waals surface area contributed by atoms with Gasteiger partial charge in [-0.25, -0.2) is 26.4 Å². The van der Waals surface area contributed by atoms with Crippen molar-refractivity contribution in [3.8, 4) is 0 Å². The van der Waals surface area contributed by atoms with Crippen molar-refractivity contribution in [1.29, 1.82) is 0 Å². The van der Waals surface area contributed by atoms with Crippen LogP contribution in [0, 0.1) is 0 Å². The molecule has 0 amide bonds. The van der Waals surface area contributed by atoms with Gasteiger partial charge in [0.1, 0.15) is 13.2 Å². The van der Waals surface area contributed by atoms with Crippen molar-refractivity contribution in [1.82, 2.24) is 4.90 Å². The van der Waals surface area contributed by atoms with Crippen LogP contribution >= 0.6 is 0 Å². The van der Waals surface area contributed by atoms with Crippen molar-refractivity contribution in [2.24, 2.45) is 0 Å². The van der Waals surface area contributed by atoms with Gasteiger partial charge in [0.2, 0.25) is 19.7 Å². The van der Waals surface area contributed by atoms with Crippen LogP contribution in [0.3, 0.4) is 0 Å². The SMILES string of the molecule is CC(C)(C)N(CCOC(=O)C(F)(F)S(C)(=O)=O)CCOC(=O)C(F)(F)S(C)(=O)=O. The van der Waals surface area contributed by atoms with Crippen molar-refractivity contribution in [2.45, 2.75) is 36.8 Å². The molecule has 0 saturated carbocycles. The van der Waals surface area contributed by atoms with Gasteiger partial charge in [0.25, 0.3) is 0 Å². The van der Waals surface area contributed by atoms with Gasteiger partial charge in [0.15, 0.2) is 0 Å². The number of halogens is 4. The summed E-state index contributed by atoms with van der Waals surface area (Å²) < 4.78 is 105. The standard InChI is InChI=1S/C14H23F4NO8S2/c1-12(2,3)19(6-8-26-10(20)13(15,16)28(4,22)23)7-9-27-11(21)14(17,18)29(5,24)25/h6-9H2,1-5H3. The molecule has 0 rings (SSSR count). The average Bonchev–Trinajstić information content (AvgIpc) is 2.49. The van der Waals surface area contributed by atoms with Crippen LogP contribution in [0.25, 0.3) is 0 Å². The molecule has 0 N–H and O–H groups in total. The summed E-state index contributed by atoms with van der Waals surface area (Å²) in [5, 5.41) is -9.46. The van der Waals surface area contributed by atoms with Crippen molar-refractivity contribution >= 4 is 31.6 Å². The van der Waals surface area contributed by atoms with E-state index in [-0.39, 0.29) is 25.6 Å². The number of nitrogens with zero attached hydrogens (tertiary/aromatic N) is 1. The molecule has 0 unspecified atom stereocenters. The Morgan fingerprint density at radius 2 is 1.03 bits per heavy atom. The minimum absolute atomic E-state index is 0.163. The smallest absolute Gasteiger partial charge is 0.439 e. The molecule has 0 saturated heterocycles. The van der Waals surface area contributed by atoms with E-state index in [0.717, 1.165) is 0 Å². The van der Waals surface area contributed by atoms with Crippen LogP contribution in [0.1, 0.15) is 20.8 Å². The number of carbonyl (C=O) groups is 2. The fourth-order valence-electron chi connectivity index (χ4n) is 1.75. The Kier molecular flexibility index (Phi) is 8.65. The first-order valence-electron chi connectivity index (χ1n) is 7.90. The fraction of sp³-hybridized carbons (Fsp3) is 0.857. The number of hydrogen-bond donors (Lipinski definition) is 0. The lowest BCUT2D eigenvalue weighted by molar-refractivity contribution is -0.162. The number of sulfone groups is 2. The summed E-state index contributed by atoms with van der Waals surface area (Å²) in [6.45, 7) is 3.03. The van der Waals surface area contributed by atoms with Crippen molar-refractivity contribution in [3.63, 3.8) is 0 Å². The lowest BCUT2D eigenvalue weighted by Crippen LogP contribution is -2.47. The van der Waals surface area contributed by atoms with Crippen molar-refractivity contribution < 1.29 is 53.5 Å². The maximum absolute atomic E-state index is 13.3. The molecule has 0 spiro atoms. The van der Waals surface area contributed by atoms with Crippen LogP contribution in [0.5, 0.6) is 0 Å². The minimum atomic E-state index is -5.03. The van der Waals surface area contributed by atoms with Crippen LogP contribution in [-0.4, -0.2) is 88.5 Å². The lowest BCUT2D eigenvalue weighted by Gasteiger charge is -2.35. The van der Waals surface area contributed by atoms with Crippen molar-refractivity contribution in [2.75, 3.05) is 38.8 Å². The number of ether oxygens (including phenoxy) is 2. The van der Waals surface area contributed by atoms with Gasteiger partial charge in [-0.3, -0.25) is 4.90 Å². The first kappa shape index (κ1) is 27.5. The number of alkyl halides is 4. The van der Waals surface area contributed by atoms with Gasteiger partial charge < -0.3 is 9.47 Å². The quantitative estimate of drug-likeness (QED) is 0.328. The highest BCUT2D eigenvalue weighted by atomic mass is 32.2. The van der Waals surface area contributed by atoms with E-state index in [9.17, 15) is 44.0 Å². The Morgan fingerprint density at radius 1 is 0.759 bits per heavy atom. The summed E-state index contributed by atoms with van der Waals surface area (Å²) in [5.74, 6) is -4.54. The number of carbonyl (C=O) groups excluding carboxylic acids is 2. The molecule has 0 heterocycles. The molecule has 9 nitrogen and oxygen atoms in total. The summed E-state index contributed by atoms with van der Waals surface area (Å²) in [6, 6.07) is 0. The van der Waals surface area contributed by atoms with E-state index in [4.69, 9.17) is 0 Å². The maximum atomic E-state index is 13.3. The van der Waals surface area contributed by atoms with Gasteiger partial charge in [0.05, 0.1) is 0 Å². The topological polar surface area (TPSA) is 124 Å². The molecule has 0 atom stereocenters. The predicted molar refractivity (Wildman–Crippen MR) is 92.8 cm³/mol. The summed E-state index contributed by atoms with van der Waals surface area (Å²) in [5.41, 5.74) is -0.739. The largest absolute Gasteiger partial charge is 0.459 e. The highest BCUT2D eigenvalue weighted by Crippen LogP contribution is 2.23. The van der Waals surface area contributed by atoms with Crippen LogP contribution in [0.4, 0.5) is 17.6 Å². The van der Waals surface area contributed by atoms with Crippen LogP contribution in [0.15, 0.2) is 0 Å². The second kappa shape index (κ2) is 9.12. The summed E-state index contributed by atoms with van der Waals surface area (Å²) in [6.07, 6.45) is 0.326. The molecule has 0 aliphatic heterocycles. The zero-order valence-corrected chi connectivity index (χ0v) is 18.0. The van der Waals surface area contributed by atoms with E-state index in [0.29, 0.717) is 0 Å². The Hall–Kier alpha value is -1.48. The molecule has 0 aliphatic rings. The second-order valence-electron chi connectivity index (χ2n) is 7.01. The van der Waals surface area contributed by atoms with E-state index in [1.54, 1.807) is 20.8 Å². The zero-order valence-electron chi connectivity index (χ0n) is 16.4. The van der Waals surface area contributed by atoms with E-state index >= 15 is 0 Å². The van der Waals surface area contributed by atoms with Gasteiger partial charge in [-0.15, -0.1) is 0 Å². The molecule has 0 fully saturated rings. The van der Waals surface area contributed by atoms with E-state index < -0.39 is 60.9 Å². The Balaban J connectivity index is 4.88. The third-order valence-electron chi connectivity index (χ3n) is 3.54. The Bertz CT molecular complexity index is 757. The number of esters is 2. The molecule has 172 valence electrons. The number of rotatable bonds is 10. The highest BCUT2D eigenvalue weighted by molar-refractivity contribution is 7.92. The van der Waals surface area contributed by atoms with Crippen LogP contribution in [0.2, 0.25) is 0 Å². The second-order valence-corrected chi connectivity index (χ2v) is 11.1. The van der Waals surface area contributed by atoms with Gasteiger partial charge >= 0.3 is 22.4 Å². The highest BCUT2D eigenvalue weighted by Gasteiger charge is 2.52. The molecule has 0 radical (unpaired) electrons. The molecule has 0 aromatic heterocycles. The molecule has 0 bridgehead atoms. The third-order valence-corrected chi connectivity index (χ3v) is 5.74. The zero-order chi connectivity index (χ0) is 23.5. The summed E-state index contributed by atoms with van der Waals surface area (Å²) in [7, 11) is -10.1. The molecular formula is C14H23F4NO8S2. The van der Waals surface area contributed by atoms with Crippen LogP contribution in [-0.2, 0) is 38.7 Å². The minimum Gasteiger partial charge on any atom is -0.459 e. The van der Waals surface area contributed by atoms with E-state index in [2.05, 4.69) is 9.47 Å². The van der Waals surface area contributed by atoms with Gasteiger partial charge in [-0.1, -0.05) is 0 Å². The Labute approximate surface area is 166 Å². The lowest BCUT2D eigenvalue weighted by atomic mass is 10.1. The maximum Gasteiger partial charge on any atom is 0.439 e. The molecule has 0 aromatic carbocycles. The molecule has 29 heavy (non-hydrogen) atoms. The molecule has 0 aliphatic carbocycles. The fourth-order valence-corrected chi connectivity index (χ4v) is 2.47. The molecule has 0 aromatic rings. The monoisotopic (exact) mass is 473 g/mol. The molecule has 15 heteroatoms. The summed E-state index contributed by atoms with van der Waals surface area (Å²) >= 11 is 0. The molecular weight excluding hydrogens is 450 g/mol. The number of hydrogen-bond acceptors (Lipinski definition) is 9. The average molecular weight is 473 g/mol. The van der Waals surface area contributed by atoms with Crippen LogP contribution < -0.4 is 0 Å². The van der Waals surface area contributed by atoms with Gasteiger partial charge in [0, 0.05) is 31.1 Å². The van der Waals surface area contributed by atoms with E-state index in [1.165, 1.54) is 4.90 Å². The first-order valence-corrected chi connectivity index (χ1v) is 11.7. The van der Waals surface area contributed by atoms with Gasteiger partial charge in [-0.2, -0.15) is 17.6 Å². The first-order chi connectivity index (χ1) is 12.7. The van der Waals surface area contributed by atoms with Gasteiger partial charge in [-0.05, 0) is 20.8 Å². The van der Waals surface area contributed by atoms with Crippen molar-refractivity contribution in [3.05, 3.63) is 0 Å².